The molecule has 0 amide bonds. The van der Waals surface area contributed by atoms with Crippen LogP contribution >= 0.6 is 11.7 Å². The van der Waals surface area contributed by atoms with Gasteiger partial charge in [0.1, 0.15) is 11.6 Å². The minimum atomic E-state index is -0.598. The van der Waals surface area contributed by atoms with Crippen LogP contribution in [0.25, 0.3) is 0 Å². The van der Waals surface area contributed by atoms with Crippen LogP contribution in [0.4, 0.5) is 8.78 Å². The average Bonchev–Trinajstić information content (AvgIpc) is 2.81. The zero-order chi connectivity index (χ0) is 12.3. The van der Waals surface area contributed by atoms with Gasteiger partial charge >= 0.3 is 0 Å². The predicted molar refractivity (Wildman–Crippen MR) is 60.0 cm³/mol. The summed E-state index contributed by atoms with van der Waals surface area (Å²) < 4.78 is 34.1. The Hall–Kier alpha value is -1.44. The molecule has 0 fully saturated rings. The topological polar surface area (TPSA) is 63.8 Å². The molecular formula is C10H10F2N4S. The summed E-state index contributed by atoms with van der Waals surface area (Å²) in [5.41, 5.74) is 3.56. The molecule has 0 saturated carbocycles. The number of hydrogen-bond acceptors (Lipinski definition) is 5. The molecule has 3 N–H and O–H groups in total. The first kappa shape index (κ1) is 12.0. The number of benzene rings is 1. The number of rotatable bonds is 4. The Balaban J connectivity index is 2.19. The highest BCUT2D eigenvalue weighted by molar-refractivity contribution is 6.99. The van der Waals surface area contributed by atoms with Crippen LogP contribution in [0.1, 0.15) is 17.3 Å². The predicted octanol–water partition coefficient (Wildman–Crippen LogP) is 1.56. The van der Waals surface area contributed by atoms with E-state index in [4.69, 9.17) is 5.84 Å². The molecule has 0 radical (unpaired) electrons. The number of nitrogens with zero attached hydrogens (tertiary/aromatic N) is 2. The van der Waals surface area contributed by atoms with Crippen LogP contribution in [-0.2, 0) is 6.42 Å². The van der Waals surface area contributed by atoms with Crippen molar-refractivity contribution in [1.82, 2.24) is 14.2 Å². The number of halogens is 2. The lowest BCUT2D eigenvalue weighted by atomic mass is 10.0. The van der Waals surface area contributed by atoms with Crippen molar-refractivity contribution in [3.63, 3.8) is 0 Å². The summed E-state index contributed by atoms with van der Waals surface area (Å²) >= 11 is 1.05. The molecule has 1 aromatic heterocycles. The van der Waals surface area contributed by atoms with E-state index in [0.29, 0.717) is 11.3 Å². The van der Waals surface area contributed by atoms with Crippen molar-refractivity contribution < 1.29 is 8.78 Å². The van der Waals surface area contributed by atoms with E-state index in [1.165, 1.54) is 12.1 Å². The highest BCUT2D eigenvalue weighted by atomic mass is 32.1. The van der Waals surface area contributed by atoms with Crippen LogP contribution in [0.2, 0.25) is 0 Å². The van der Waals surface area contributed by atoms with E-state index in [0.717, 1.165) is 17.8 Å². The molecular weight excluding hydrogens is 246 g/mol. The van der Waals surface area contributed by atoms with Gasteiger partial charge in [-0.15, -0.1) is 0 Å². The summed E-state index contributed by atoms with van der Waals surface area (Å²) in [6.45, 7) is 0. The summed E-state index contributed by atoms with van der Waals surface area (Å²) in [5, 5.41) is 0. The molecule has 0 saturated heterocycles. The SMILES string of the molecule is NNC(Cc1ccc(F)cc1F)c1cnsn1. The van der Waals surface area contributed by atoms with Crippen molar-refractivity contribution in [2.45, 2.75) is 12.5 Å². The fourth-order valence-corrected chi connectivity index (χ4v) is 1.95. The van der Waals surface area contributed by atoms with Crippen molar-refractivity contribution in [3.8, 4) is 0 Å². The molecule has 1 atom stereocenters. The Kier molecular flexibility index (Phi) is 3.72. The molecule has 2 rings (SSSR count). The summed E-state index contributed by atoms with van der Waals surface area (Å²) in [4.78, 5) is 0. The second-order valence-electron chi connectivity index (χ2n) is 3.49. The summed E-state index contributed by atoms with van der Waals surface area (Å²) in [7, 11) is 0. The van der Waals surface area contributed by atoms with Gasteiger partial charge in [-0.3, -0.25) is 11.3 Å². The number of nitrogens with two attached hydrogens (primary N) is 1. The second-order valence-corrected chi connectivity index (χ2v) is 4.05. The van der Waals surface area contributed by atoms with E-state index in [1.54, 1.807) is 6.20 Å². The zero-order valence-electron chi connectivity index (χ0n) is 8.73. The smallest absolute Gasteiger partial charge is 0.129 e. The van der Waals surface area contributed by atoms with Gasteiger partial charge in [0.15, 0.2) is 0 Å². The molecule has 1 aromatic carbocycles. The molecule has 2 aromatic rings. The fraction of sp³-hybridized carbons (Fsp3) is 0.200. The van der Waals surface area contributed by atoms with E-state index in [2.05, 4.69) is 14.2 Å². The van der Waals surface area contributed by atoms with Gasteiger partial charge in [0.25, 0.3) is 0 Å². The van der Waals surface area contributed by atoms with Crippen LogP contribution in [0, 0.1) is 11.6 Å². The molecule has 90 valence electrons. The molecule has 0 aliphatic heterocycles. The van der Waals surface area contributed by atoms with E-state index >= 15 is 0 Å². The zero-order valence-corrected chi connectivity index (χ0v) is 9.55. The van der Waals surface area contributed by atoms with Crippen LogP contribution in [0.5, 0.6) is 0 Å². The van der Waals surface area contributed by atoms with Crippen LogP contribution in [0.15, 0.2) is 24.4 Å². The van der Waals surface area contributed by atoms with Crippen LogP contribution in [0.3, 0.4) is 0 Å². The Morgan fingerprint density at radius 2 is 2.24 bits per heavy atom. The molecule has 1 unspecified atom stereocenters. The molecule has 0 bridgehead atoms. The number of aromatic nitrogens is 2. The standard InChI is InChI=1S/C10H10F2N4S/c11-7-2-1-6(8(12)4-7)3-9(15-13)10-5-14-17-16-10/h1-2,4-5,9,15H,3,13H2. The third-order valence-electron chi connectivity index (χ3n) is 2.38. The third kappa shape index (κ3) is 2.82. The second kappa shape index (κ2) is 5.26. The van der Waals surface area contributed by atoms with E-state index in [9.17, 15) is 8.78 Å². The third-order valence-corrected chi connectivity index (χ3v) is 2.87. The highest BCUT2D eigenvalue weighted by Crippen LogP contribution is 2.19. The number of hydrazine groups is 1. The number of hydrogen-bond donors (Lipinski definition) is 2. The van der Waals surface area contributed by atoms with E-state index in [-0.39, 0.29) is 12.5 Å². The monoisotopic (exact) mass is 256 g/mol. The van der Waals surface area contributed by atoms with Gasteiger partial charge in [-0.05, 0) is 18.1 Å². The first-order valence-electron chi connectivity index (χ1n) is 4.88. The minimum absolute atomic E-state index is 0.286. The van der Waals surface area contributed by atoms with Gasteiger partial charge in [0.2, 0.25) is 0 Å². The van der Waals surface area contributed by atoms with Gasteiger partial charge in [-0.25, -0.2) is 8.78 Å². The van der Waals surface area contributed by atoms with E-state index < -0.39 is 11.6 Å². The quantitative estimate of drug-likeness (QED) is 0.643. The Morgan fingerprint density at radius 3 is 2.82 bits per heavy atom. The van der Waals surface area contributed by atoms with Crippen molar-refractivity contribution in [3.05, 3.63) is 47.3 Å². The maximum absolute atomic E-state index is 13.4. The van der Waals surface area contributed by atoms with Crippen molar-refractivity contribution in [2.24, 2.45) is 5.84 Å². The van der Waals surface area contributed by atoms with E-state index in [1.807, 2.05) is 0 Å². The van der Waals surface area contributed by atoms with Crippen molar-refractivity contribution in [2.75, 3.05) is 0 Å². The lowest BCUT2D eigenvalue weighted by molar-refractivity contribution is 0.515. The van der Waals surface area contributed by atoms with Gasteiger partial charge in [0.05, 0.1) is 29.7 Å². The van der Waals surface area contributed by atoms with Gasteiger partial charge < -0.3 is 0 Å². The largest absolute Gasteiger partial charge is 0.271 e. The molecule has 0 aliphatic rings. The maximum atomic E-state index is 13.4. The van der Waals surface area contributed by atoms with Gasteiger partial charge in [0, 0.05) is 6.07 Å². The molecule has 17 heavy (non-hydrogen) atoms. The minimum Gasteiger partial charge on any atom is -0.271 e. The summed E-state index contributed by atoms with van der Waals surface area (Å²) in [5.74, 6) is 4.19. The molecule has 1 heterocycles. The van der Waals surface area contributed by atoms with Crippen LogP contribution < -0.4 is 11.3 Å². The van der Waals surface area contributed by atoms with Gasteiger partial charge in [-0.1, -0.05) is 6.07 Å². The summed E-state index contributed by atoms with van der Waals surface area (Å²) in [6, 6.07) is 3.12. The maximum Gasteiger partial charge on any atom is 0.129 e. The number of nitrogens with one attached hydrogen (secondary N) is 1. The fourth-order valence-electron chi connectivity index (χ4n) is 1.48. The molecule has 4 nitrogen and oxygen atoms in total. The average molecular weight is 256 g/mol. The Bertz CT molecular complexity index is 489. The lowest BCUT2D eigenvalue weighted by Crippen LogP contribution is -2.30. The molecule has 0 spiro atoms. The van der Waals surface area contributed by atoms with Crippen LogP contribution in [-0.4, -0.2) is 8.75 Å². The van der Waals surface area contributed by atoms with Gasteiger partial charge in [-0.2, -0.15) is 8.75 Å². The Labute approximate surface area is 101 Å². The molecule has 0 aliphatic carbocycles. The Morgan fingerprint density at radius 1 is 1.41 bits per heavy atom. The summed E-state index contributed by atoms with van der Waals surface area (Å²) in [6.07, 6.45) is 1.85. The van der Waals surface area contributed by atoms with Crippen molar-refractivity contribution in [1.29, 1.82) is 0 Å². The highest BCUT2D eigenvalue weighted by Gasteiger charge is 2.15. The first-order chi connectivity index (χ1) is 8.20. The lowest BCUT2D eigenvalue weighted by Gasteiger charge is -2.13. The van der Waals surface area contributed by atoms with Crippen molar-refractivity contribution >= 4 is 11.7 Å². The normalized spacial score (nSPS) is 12.6. The molecule has 7 heteroatoms. The first-order valence-corrected chi connectivity index (χ1v) is 5.61.